The van der Waals surface area contributed by atoms with Crippen LogP contribution in [0.4, 0.5) is 5.13 Å². The minimum absolute atomic E-state index is 0.123. The fourth-order valence-corrected chi connectivity index (χ4v) is 4.19. The van der Waals surface area contributed by atoms with Crippen LogP contribution in [0.5, 0.6) is 0 Å². The first-order valence-corrected chi connectivity index (χ1v) is 10.4. The molecule has 0 spiro atoms. The summed E-state index contributed by atoms with van der Waals surface area (Å²) < 4.78 is 1.81. The first-order chi connectivity index (χ1) is 13.7. The number of hydrogen-bond acceptors (Lipinski definition) is 6. The van der Waals surface area contributed by atoms with Crippen LogP contribution in [-0.2, 0) is 6.54 Å². The van der Waals surface area contributed by atoms with Crippen LogP contribution in [0.3, 0.4) is 0 Å². The molecule has 0 atom stereocenters. The van der Waals surface area contributed by atoms with Gasteiger partial charge in [-0.25, -0.2) is 0 Å². The summed E-state index contributed by atoms with van der Waals surface area (Å²) in [4.78, 5) is 17.4. The van der Waals surface area contributed by atoms with Crippen molar-refractivity contribution in [2.45, 2.75) is 13.5 Å². The highest BCUT2D eigenvalue weighted by molar-refractivity contribution is 7.17. The molecule has 0 saturated carbocycles. The number of benzene rings is 1. The third kappa shape index (κ3) is 4.07. The Kier molecular flexibility index (Phi) is 5.68. The highest BCUT2D eigenvalue weighted by atomic mass is 32.1. The molecule has 1 N–H and O–H groups in total. The first-order valence-electron chi connectivity index (χ1n) is 9.55. The molecule has 4 rings (SSSR count). The zero-order chi connectivity index (χ0) is 19.3. The Labute approximate surface area is 168 Å². The van der Waals surface area contributed by atoms with E-state index in [1.54, 1.807) is 6.07 Å². The van der Waals surface area contributed by atoms with E-state index in [1.165, 1.54) is 11.3 Å². The lowest BCUT2D eigenvalue weighted by Crippen LogP contribution is -2.46. The molecule has 1 saturated heterocycles. The van der Waals surface area contributed by atoms with E-state index in [9.17, 15) is 4.79 Å². The van der Waals surface area contributed by atoms with Crippen molar-refractivity contribution < 1.29 is 4.79 Å². The zero-order valence-corrected chi connectivity index (χ0v) is 16.7. The van der Waals surface area contributed by atoms with Crippen LogP contribution in [0.15, 0.2) is 48.7 Å². The Morgan fingerprint density at radius 3 is 2.54 bits per heavy atom. The van der Waals surface area contributed by atoms with Crippen LogP contribution in [0, 0.1) is 0 Å². The molecule has 1 aliphatic rings. The lowest BCUT2D eigenvalue weighted by atomic mass is 10.2. The SMILES string of the molecule is CCN1CCN(c2nnc(-n3cccc3C(=O)NCc3ccccc3)s2)CC1. The van der Waals surface area contributed by atoms with Crippen LogP contribution in [-0.4, -0.2) is 58.3 Å². The van der Waals surface area contributed by atoms with E-state index >= 15 is 0 Å². The van der Waals surface area contributed by atoms with E-state index in [2.05, 4.69) is 32.2 Å². The van der Waals surface area contributed by atoms with Gasteiger partial charge in [0.2, 0.25) is 10.3 Å². The number of aromatic nitrogens is 3. The number of hydrogen-bond donors (Lipinski definition) is 1. The molecule has 1 fully saturated rings. The number of nitrogens with zero attached hydrogens (tertiary/aromatic N) is 5. The molecule has 1 aliphatic heterocycles. The molecule has 3 heterocycles. The molecule has 28 heavy (non-hydrogen) atoms. The largest absolute Gasteiger partial charge is 0.347 e. The van der Waals surface area contributed by atoms with E-state index < -0.39 is 0 Å². The topological polar surface area (TPSA) is 66.3 Å². The van der Waals surface area contributed by atoms with Crippen molar-refractivity contribution in [1.82, 2.24) is 25.0 Å². The Bertz CT molecular complexity index is 914. The van der Waals surface area contributed by atoms with Crippen molar-refractivity contribution in [3.63, 3.8) is 0 Å². The van der Waals surface area contributed by atoms with Crippen LogP contribution in [0.2, 0.25) is 0 Å². The molecule has 1 aromatic carbocycles. The summed E-state index contributed by atoms with van der Waals surface area (Å²) in [6.45, 7) is 7.77. The molecular weight excluding hydrogens is 372 g/mol. The molecule has 0 radical (unpaired) electrons. The molecule has 0 bridgehead atoms. The maximum absolute atomic E-state index is 12.7. The van der Waals surface area contributed by atoms with Crippen molar-refractivity contribution in [2.75, 3.05) is 37.6 Å². The minimum Gasteiger partial charge on any atom is -0.347 e. The van der Waals surface area contributed by atoms with E-state index in [4.69, 9.17) is 0 Å². The predicted octanol–water partition coefficient (Wildman–Crippen LogP) is 2.40. The van der Waals surface area contributed by atoms with Crippen LogP contribution in [0.25, 0.3) is 5.13 Å². The predicted molar refractivity (Wildman–Crippen MR) is 111 cm³/mol. The number of carbonyl (C=O) groups is 1. The van der Waals surface area contributed by atoms with Gasteiger partial charge in [0.25, 0.3) is 5.91 Å². The Morgan fingerprint density at radius 2 is 1.79 bits per heavy atom. The minimum atomic E-state index is -0.123. The van der Waals surface area contributed by atoms with E-state index in [0.29, 0.717) is 17.4 Å². The monoisotopic (exact) mass is 396 g/mol. The smallest absolute Gasteiger partial charge is 0.268 e. The van der Waals surface area contributed by atoms with Gasteiger partial charge in [-0.05, 0) is 24.2 Å². The lowest BCUT2D eigenvalue weighted by molar-refractivity contribution is 0.0944. The molecule has 1 amide bonds. The fraction of sp³-hybridized carbons (Fsp3) is 0.350. The Hall–Kier alpha value is -2.71. The van der Waals surface area contributed by atoms with E-state index in [-0.39, 0.29) is 5.91 Å². The second-order valence-electron chi connectivity index (χ2n) is 6.72. The average molecular weight is 397 g/mol. The van der Waals surface area contributed by atoms with Crippen LogP contribution >= 0.6 is 11.3 Å². The number of carbonyl (C=O) groups excluding carboxylic acids is 1. The lowest BCUT2D eigenvalue weighted by Gasteiger charge is -2.33. The molecular formula is C20H24N6OS. The zero-order valence-electron chi connectivity index (χ0n) is 15.9. The van der Waals surface area contributed by atoms with Gasteiger partial charge in [-0.15, -0.1) is 10.2 Å². The summed E-state index contributed by atoms with van der Waals surface area (Å²) in [5, 5.41) is 13.3. The van der Waals surface area contributed by atoms with Gasteiger partial charge in [-0.1, -0.05) is 48.6 Å². The van der Waals surface area contributed by atoms with Gasteiger partial charge in [-0.3, -0.25) is 9.36 Å². The van der Waals surface area contributed by atoms with Crippen molar-refractivity contribution in [2.24, 2.45) is 0 Å². The third-order valence-electron chi connectivity index (χ3n) is 4.98. The van der Waals surface area contributed by atoms with Crippen molar-refractivity contribution in [1.29, 1.82) is 0 Å². The third-order valence-corrected chi connectivity index (χ3v) is 5.96. The van der Waals surface area contributed by atoms with Crippen LogP contribution < -0.4 is 10.2 Å². The van der Waals surface area contributed by atoms with Gasteiger partial charge in [0.1, 0.15) is 5.69 Å². The summed E-state index contributed by atoms with van der Waals surface area (Å²) in [5.41, 5.74) is 1.63. The van der Waals surface area contributed by atoms with Gasteiger partial charge in [0, 0.05) is 38.9 Å². The Balaban J connectivity index is 1.44. The maximum Gasteiger partial charge on any atom is 0.268 e. The normalized spacial score (nSPS) is 15.0. The second kappa shape index (κ2) is 8.53. The van der Waals surface area contributed by atoms with Gasteiger partial charge < -0.3 is 15.1 Å². The maximum atomic E-state index is 12.7. The summed E-state index contributed by atoms with van der Waals surface area (Å²) in [5.74, 6) is -0.123. The van der Waals surface area contributed by atoms with Crippen LogP contribution in [0.1, 0.15) is 23.0 Å². The summed E-state index contributed by atoms with van der Waals surface area (Å²) in [7, 11) is 0. The molecule has 7 nitrogen and oxygen atoms in total. The number of nitrogens with one attached hydrogen (secondary N) is 1. The highest BCUT2D eigenvalue weighted by Gasteiger charge is 2.21. The summed E-state index contributed by atoms with van der Waals surface area (Å²) in [6, 6.07) is 13.6. The standard InChI is InChI=1S/C20H24N6OS/c1-2-24-11-13-25(14-12-24)19-22-23-20(28-19)26-10-6-9-17(26)18(27)21-15-16-7-4-3-5-8-16/h3-10H,2,11-15H2,1H3,(H,21,27). The summed E-state index contributed by atoms with van der Waals surface area (Å²) >= 11 is 1.52. The van der Waals surface area contributed by atoms with E-state index in [1.807, 2.05) is 47.2 Å². The number of likely N-dealkylation sites (N-methyl/N-ethyl adjacent to an activating group) is 1. The number of rotatable bonds is 6. The number of piperazine rings is 1. The Morgan fingerprint density at radius 1 is 1.04 bits per heavy atom. The number of amides is 1. The molecule has 146 valence electrons. The quantitative estimate of drug-likeness (QED) is 0.693. The van der Waals surface area contributed by atoms with Crippen molar-refractivity contribution in [3.8, 4) is 5.13 Å². The van der Waals surface area contributed by atoms with E-state index in [0.717, 1.165) is 43.4 Å². The number of anilines is 1. The van der Waals surface area contributed by atoms with Gasteiger partial charge in [-0.2, -0.15) is 0 Å². The van der Waals surface area contributed by atoms with Gasteiger partial charge in [0.15, 0.2) is 0 Å². The molecule has 3 aromatic rings. The molecule has 0 aliphatic carbocycles. The summed E-state index contributed by atoms with van der Waals surface area (Å²) in [6.07, 6.45) is 1.86. The molecule has 8 heteroatoms. The highest BCUT2D eigenvalue weighted by Crippen LogP contribution is 2.25. The second-order valence-corrected chi connectivity index (χ2v) is 7.65. The van der Waals surface area contributed by atoms with Gasteiger partial charge in [0.05, 0.1) is 0 Å². The fourth-order valence-electron chi connectivity index (χ4n) is 3.29. The van der Waals surface area contributed by atoms with Crippen molar-refractivity contribution in [3.05, 3.63) is 59.9 Å². The molecule has 2 aromatic heterocycles. The van der Waals surface area contributed by atoms with Gasteiger partial charge >= 0.3 is 0 Å². The van der Waals surface area contributed by atoms with Crippen molar-refractivity contribution >= 4 is 22.4 Å². The molecule has 0 unspecified atom stereocenters. The average Bonchev–Trinajstić information content (AvgIpc) is 3.42. The first kappa shape index (κ1) is 18.6.